The number of fused-ring (bicyclic) bond motifs is 2. The van der Waals surface area contributed by atoms with E-state index in [1.807, 2.05) is 0 Å². The van der Waals surface area contributed by atoms with Gasteiger partial charge in [-0.3, -0.25) is 4.79 Å². The second kappa shape index (κ2) is 5.58. The van der Waals surface area contributed by atoms with Gasteiger partial charge in [0, 0.05) is 17.0 Å². The number of primary amides is 1. The Labute approximate surface area is 129 Å². The van der Waals surface area contributed by atoms with Crippen LogP contribution in [0.3, 0.4) is 0 Å². The number of nitrogens with one attached hydrogen (secondary N) is 1. The molecule has 10 heteroatoms. The van der Waals surface area contributed by atoms with E-state index in [1.54, 1.807) is 0 Å². The van der Waals surface area contributed by atoms with E-state index >= 15 is 0 Å². The summed E-state index contributed by atoms with van der Waals surface area (Å²) in [5.74, 6) is -1.81. The normalized spacial score (nSPS) is 32.5. The fraction of sp³-hybridized carbons (Fsp3) is 0.583. The molecule has 22 heavy (non-hydrogen) atoms. The Morgan fingerprint density at radius 2 is 2.36 bits per heavy atom. The first-order valence-corrected chi connectivity index (χ1v) is 7.17. The maximum Gasteiger partial charge on any atom is 0.224 e. The number of carbonyl (C=O) groups excluding carboxylic acids is 1. The summed E-state index contributed by atoms with van der Waals surface area (Å²) in [6.07, 6.45) is 2.30. The van der Waals surface area contributed by atoms with Crippen LogP contribution in [0.25, 0.3) is 10.4 Å². The third kappa shape index (κ3) is 2.42. The lowest BCUT2D eigenvalue weighted by Gasteiger charge is -2.33. The van der Waals surface area contributed by atoms with Gasteiger partial charge in [-0.1, -0.05) is 5.11 Å². The maximum atomic E-state index is 13.8. The minimum absolute atomic E-state index is 0.0517. The van der Waals surface area contributed by atoms with Crippen LogP contribution in [0.4, 0.5) is 10.2 Å². The highest BCUT2D eigenvalue weighted by atomic mass is 35.5. The topological polar surface area (TPSA) is 130 Å². The van der Waals surface area contributed by atoms with Crippen molar-refractivity contribution in [1.82, 2.24) is 9.97 Å². The molecule has 0 unspecified atom stereocenters. The molecule has 5 atom stereocenters. The van der Waals surface area contributed by atoms with E-state index in [-0.39, 0.29) is 35.0 Å². The molecule has 8 nitrogen and oxygen atoms in total. The zero-order valence-corrected chi connectivity index (χ0v) is 12.1. The number of hydrogen-bond donors (Lipinski definition) is 2. The van der Waals surface area contributed by atoms with Crippen LogP contribution in [0.5, 0.6) is 0 Å². The molecule has 3 N–H and O–H groups in total. The van der Waals surface area contributed by atoms with Crippen LogP contribution >= 0.6 is 11.6 Å². The number of hydrogen-bond acceptors (Lipinski definition) is 5. The first-order chi connectivity index (χ1) is 10.5. The summed E-state index contributed by atoms with van der Waals surface area (Å²) >= 11 is 5.67. The van der Waals surface area contributed by atoms with Gasteiger partial charge in [0.25, 0.3) is 0 Å². The Morgan fingerprint density at radius 3 is 3.05 bits per heavy atom. The van der Waals surface area contributed by atoms with Crippen LogP contribution in [0.2, 0.25) is 5.28 Å². The Kier molecular flexibility index (Phi) is 3.76. The van der Waals surface area contributed by atoms with Crippen LogP contribution in [0.15, 0.2) is 11.3 Å². The van der Waals surface area contributed by atoms with Crippen molar-refractivity contribution < 1.29 is 9.18 Å². The van der Waals surface area contributed by atoms with Crippen molar-refractivity contribution >= 4 is 23.3 Å². The van der Waals surface area contributed by atoms with Gasteiger partial charge in [-0.05, 0) is 41.8 Å². The molecular weight excluding hydrogens is 313 g/mol. The molecule has 2 saturated carbocycles. The molecule has 1 aromatic rings. The Morgan fingerprint density at radius 1 is 1.59 bits per heavy atom. The van der Waals surface area contributed by atoms with E-state index in [0.29, 0.717) is 12.8 Å². The Hall–Kier alpha value is -2.12. The van der Waals surface area contributed by atoms with Crippen molar-refractivity contribution in [3.63, 3.8) is 0 Å². The second-order valence-electron chi connectivity index (χ2n) is 5.60. The molecule has 3 rings (SSSR count). The molecule has 0 aromatic carbocycles. The number of rotatable bonds is 4. The van der Waals surface area contributed by atoms with Gasteiger partial charge in [-0.25, -0.2) is 9.37 Å². The Bertz CT molecular complexity index is 665. The zero-order valence-electron chi connectivity index (χ0n) is 11.4. The lowest BCUT2D eigenvalue weighted by atomic mass is 9.81. The van der Waals surface area contributed by atoms with Crippen LogP contribution < -0.4 is 11.1 Å². The molecule has 0 spiro atoms. The highest BCUT2D eigenvalue weighted by Gasteiger charge is 2.54. The van der Waals surface area contributed by atoms with Gasteiger partial charge in [0.15, 0.2) is 11.6 Å². The van der Waals surface area contributed by atoms with Crippen LogP contribution in [-0.2, 0) is 4.79 Å². The minimum atomic E-state index is -0.651. The van der Waals surface area contributed by atoms with E-state index in [2.05, 4.69) is 25.3 Å². The van der Waals surface area contributed by atoms with Crippen LogP contribution in [0, 0.1) is 23.6 Å². The minimum Gasteiger partial charge on any atom is -0.369 e. The first kappa shape index (κ1) is 14.8. The van der Waals surface area contributed by atoms with Gasteiger partial charge >= 0.3 is 0 Å². The van der Waals surface area contributed by atoms with Gasteiger partial charge in [0.2, 0.25) is 11.2 Å². The number of amides is 1. The molecule has 2 fully saturated rings. The van der Waals surface area contributed by atoms with Gasteiger partial charge in [0.1, 0.15) is 0 Å². The van der Waals surface area contributed by atoms with Crippen molar-refractivity contribution in [3.05, 3.63) is 27.7 Å². The lowest BCUT2D eigenvalue weighted by molar-refractivity contribution is -0.123. The predicted octanol–water partition coefficient (Wildman–Crippen LogP) is 1.87. The van der Waals surface area contributed by atoms with E-state index in [9.17, 15) is 9.18 Å². The van der Waals surface area contributed by atoms with Gasteiger partial charge < -0.3 is 11.1 Å². The van der Waals surface area contributed by atoms with Crippen molar-refractivity contribution in [1.29, 1.82) is 0 Å². The van der Waals surface area contributed by atoms with E-state index < -0.39 is 17.6 Å². The molecule has 2 aliphatic rings. The third-order valence-corrected chi connectivity index (χ3v) is 4.70. The molecule has 2 aliphatic carbocycles. The SMILES string of the molecule is [N-]=[N+]=N[C@H]1C[C@@H]2C[C@@H]1[C@H](C(N)=O)[C@@H]2Nc1nc(Cl)ncc1F. The summed E-state index contributed by atoms with van der Waals surface area (Å²) in [4.78, 5) is 22.0. The molecule has 116 valence electrons. The first-order valence-electron chi connectivity index (χ1n) is 6.79. The number of aromatic nitrogens is 2. The van der Waals surface area contributed by atoms with Crippen molar-refractivity contribution in [3.8, 4) is 0 Å². The average molecular weight is 326 g/mol. The number of nitrogens with zero attached hydrogens (tertiary/aromatic N) is 5. The molecule has 1 aromatic heterocycles. The number of carbonyl (C=O) groups is 1. The summed E-state index contributed by atoms with van der Waals surface area (Å²) < 4.78 is 13.8. The maximum absolute atomic E-state index is 13.8. The molecule has 0 aliphatic heterocycles. The van der Waals surface area contributed by atoms with E-state index in [1.165, 1.54) is 0 Å². The van der Waals surface area contributed by atoms with Gasteiger partial charge in [0.05, 0.1) is 12.1 Å². The summed E-state index contributed by atoms with van der Waals surface area (Å²) in [5, 5.41) is 6.58. The van der Waals surface area contributed by atoms with Crippen molar-refractivity contribution in [2.45, 2.75) is 24.9 Å². The number of halogens is 2. The largest absolute Gasteiger partial charge is 0.369 e. The number of nitrogens with two attached hydrogens (primary N) is 1. The molecule has 0 saturated heterocycles. The van der Waals surface area contributed by atoms with Gasteiger partial charge in [-0.15, -0.1) is 0 Å². The standard InChI is InChI=1S/C12H13ClFN7O/c13-12-17-3-6(14)11(19-12)18-9-4-1-5(8(9)10(15)22)7(2-4)20-21-16/h3-5,7-9H,1-2H2,(H2,15,22)(H,17,18,19)/t4-,5-,7-,8-,9+/m0/s1. The molecule has 0 radical (unpaired) electrons. The molecule has 1 amide bonds. The lowest BCUT2D eigenvalue weighted by Crippen LogP contribution is -2.46. The summed E-state index contributed by atoms with van der Waals surface area (Å²) in [7, 11) is 0. The zero-order chi connectivity index (χ0) is 15.9. The predicted molar refractivity (Wildman–Crippen MR) is 76.2 cm³/mol. The van der Waals surface area contributed by atoms with Crippen molar-refractivity contribution in [2.75, 3.05) is 5.32 Å². The highest BCUT2D eigenvalue weighted by molar-refractivity contribution is 6.28. The van der Waals surface area contributed by atoms with Crippen LogP contribution in [-0.4, -0.2) is 28.0 Å². The fourth-order valence-corrected chi connectivity index (χ4v) is 3.86. The van der Waals surface area contributed by atoms with E-state index in [4.69, 9.17) is 22.9 Å². The molecule has 2 bridgehead atoms. The molecule has 1 heterocycles. The smallest absolute Gasteiger partial charge is 0.224 e. The highest BCUT2D eigenvalue weighted by Crippen LogP contribution is 2.50. The second-order valence-corrected chi connectivity index (χ2v) is 5.94. The quantitative estimate of drug-likeness (QED) is 0.378. The van der Waals surface area contributed by atoms with Crippen molar-refractivity contribution in [2.24, 2.45) is 28.6 Å². The Balaban J connectivity index is 1.86. The average Bonchev–Trinajstić information content (AvgIpc) is 3.01. The number of azide groups is 1. The number of anilines is 1. The summed E-state index contributed by atoms with van der Waals surface area (Å²) in [5.41, 5.74) is 14.1. The van der Waals surface area contributed by atoms with Crippen LogP contribution in [0.1, 0.15) is 12.8 Å². The monoisotopic (exact) mass is 325 g/mol. The van der Waals surface area contributed by atoms with E-state index in [0.717, 1.165) is 6.20 Å². The summed E-state index contributed by atoms with van der Waals surface area (Å²) in [6.45, 7) is 0. The fourth-order valence-electron chi connectivity index (χ4n) is 3.73. The molecular formula is C12H13ClFN7O. The van der Waals surface area contributed by atoms with Gasteiger partial charge in [-0.2, -0.15) is 4.98 Å². The summed E-state index contributed by atoms with van der Waals surface area (Å²) in [6, 6.07) is -0.600. The third-order valence-electron chi connectivity index (χ3n) is 4.52.